The van der Waals surface area contributed by atoms with E-state index in [0.29, 0.717) is 0 Å². The normalized spacial score (nSPS) is 12.1. The molecule has 1 atom stereocenters. The van der Waals surface area contributed by atoms with Gasteiger partial charge in [0.25, 0.3) is 0 Å². The zero-order chi connectivity index (χ0) is 12.3. The lowest BCUT2D eigenvalue weighted by Crippen LogP contribution is -2.11. The van der Waals surface area contributed by atoms with Crippen molar-refractivity contribution in [1.82, 2.24) is 4.98 Å². The van der Waals surface area contributed by atoms with E-state index in [4.69, 9.17) is 0 Å². The number of ketones is 1. The highest BCUT2D eigenvalue weighted by Gasteiger charge is 2.19. The van der Waals surface area contributed by atoms with Gasteiger partial charge in [0.05, 0.1) is 11.8 Å². The van der Waals surface area contributed by atoms with E-state index in [0.717, 1.165) is 11.8 Å². The van der Waals surface area contributed by atoms with Gasteiger partial charge in [-0.1, -0.05) is 37.3 Å². The van der Waals surface area contributed by atoms with Gasteiger partial charge in [-0.2, -0.15) is 0 Å². The van der Waals surface area contributed by atoms with Crippen molar-refractivity contribution < 1.29 is 9.18 Å². The molecule has 2 rings (SSSR count). The third kappa shape index (κ3) is 2.38. The van der Waals surface area contributed by atoms with Crippen molar-refractivity contribution >= 4 is 5.78 Å². The molecule has 2 nitrogen and oxygen atoms in total. The van der Waals surface area contributed by atoms with Gasteiger partial charge in [-0.25, -0.2) is 4.39 Å². The summed E-state index contributed by atoms with van der Waals surface area (Å²) < 4.78 is 13.4. The van der Waals surface area contributed by atoms with Gasteiger partial charge in [-0.15, -0.1) is 0 Å². The molecular formula is C14H12FNO. The van der Waals surface area contributed by atoms with E-state index in [9.17, 15) is 9.18 Å². The predicted octanol–water partition coefficient (Wildman–Crippen LogP) is 3.21. The van der Waals surface area contributed by atoms with Crippen molar-refractivity contribution in [1.29, 1.82) is 0 Å². The maximum Gasteiger partial charge on any atom is 0.173 e. The van der Waals surface area contributed by atoms with Crippen LogP contribution < -0.4 is 0 Å². The van der Waals surface area contributed by atoms with Crippen LogP contribution in [-0.2, 0) is 0 Å². The second-order valence-electron chi connectivity index (χ2n) is 3.85. The van der Waals surface area contributed by atoms with Gasteiger partial charge in [0.15, 0.2) is 11.6 Å². The topological polar surface area (TPSA) is 30.0 Å². The van der Waals surface area contributed by atoms with Gasteiger partial charge in [-0.3, -0.25) is 9.78 Å². The van der Waals surface area contributed by atoms with E-state index in [1.807, 2.05) is 30.3 Å². The molecule has 1 aromatic heterocycles. The summed E-state index contributed by atoms with van der Waals surface area (Å²) in [5.74, 6) is -1.15. The van der Waals surface area contributed by atoms with E-state index >= 15 is 0 Å². The van der Waals surface area contributed by atoms with Crippen molar-refractivity contribution in [2.45, 2.75) is 12.8 Å². The number of hydrogen-bond acceptors (Lipinski definition) is 2. The first-order chi connectivity index (χ1) is 8.20. The number of hydrogen-bond donors (Lipinski definition) is 0. The zero-order valence-electron chi connectivity index (χ0n) is 9.43. The molecule has 0 saturated carbocycles. The number of nitrogens with zero attached hydrogens (tertiary/aromatic N) is 1. The van der Waals surface area contributed by atoms with Crippen LogP contribution in [-0.4, -0.2) is 10.8 Å². The molecule has 0 radical (unpaired) electrons. The van der Waals surface area contributed by atoms with Crippen LogP contribution in [0.25, 0.3) is 0 Å². The van der Waals surface area contributed by atoms with Crippen LogP contribution >= 0.6 is 0 Å². The molecule has 86 valence electrons. The Morgan fingerprint density at radius 2 is 1.94 bits per heavy atom. The summed E-state index contributed by atoms with van der Waals surface area (Å²) in [7, 11) is 0. The minimum Gasteiger partial charge on any atom is -0.293 e. The number of carbonyl (C=O) groups is 1. The van der Waals surface area contributed by atoms with Crippen LogP contribution in [0, 0.1) is 5.82 Å². The first-order valence-electron chi connectivity index (χ1n) is 5.39. The second kappa shape index (κ2) is 4.87. The Morgan fingerprint density at radius 3 is 2.59 bits per heavy atom. The molecule has 0 fully saturated rings. The molecule has 0 bridgehead atoms. The molecule has 1 unspecified atom stereocenters. The molecule has 3 heteroatoms. The molecule has 0 spiro atoms. The van der Waals surface area contributed by atoms with Crippen molar-refractivity contribution in [3.8, 4) is 0 Å². The molecule has 0 aliphatic carbocycles. The monoisotopic (exact) mass is 229 g/mol. The summed E-state index contributed by atoms with van der Waals surface area (Å²) in [4.78, 5) is 15.7. The summed E-state index contributed by atoms with van der Waals surface area (Å²) >= 11 is 0. The Labute approximate surface area is 99.1 Å². The van der Waals surface area contributed by atoms with Crippen LogP contribution in [0.4, 0.5) is 4.39 Å². The standard InChI is InChI=1S/C14H12FNO/c1-10(11-5-3-2-4-6-11)14(17)12-7-8-16-9-13(12)15/h2-10H,1H3. The minimum absolute atomic E-state index is 0.0938. The number of rotatable bonds is 3. The fraction of sp³-hybridized carbons (Fsp3) is 0.143. The summed E-state index contributed by atoms with van der Waals surface area (Å²) in [6.45, 7) is 1.78. The molecule has 0 aliphatic heterocycles. The van der Waals surface area contributed by atoms with Crippen molar-refractivity contribution in [2.24, 2.45) is 0 Å². The highest BCUT2D eigenvalue weighted by Crippen LogP contribution is 2.21. The number of Topliss-reactive ketones (excluding diaryl/α,β-unsaturated/α-hetero) is 1. The van der Waals surface area contributed by atoms with Crippen molar-refractivity contribution in [2.75, 3.05) is 0 Å². The summed E-state index contributed by atoms with van der Waals surface area (Å²) in [6.07, 6.45) is 2.49. The van der Waals surface area contributed by atoms with Crippen LogP contribution in [0.1, 0.15) is 28.8 Å². The average Bonchev–Trinajstić information content (AvgIpc) is 2.39. The van der Waals surface area contributed by atoms with Gasteiger partial charge in [0.2, 0.25) is 0 Å². The number of halogens is 1. The molecule has 2 aromatic rings. The number of carbonyl (C=O) groups excluding carboxylic acids is 1. The SMILES string of the molecule is CC(C(=O)c1ccncc1F)c1ccccc1. The summed E-state index contributed by atoms with van der Waals surface area (Å²) in [5.41, 5.74) is 0.977. The van der Waals surface area contributed by atoms with E-state index in [1.54, 1.807) is 6.92 Å². The predicted molar refractivity (Wildman–Crippen MR) is 63.4 cm³/mol. The third-order valence-electron chi connectivity index (χ3n) is 2.73. The zero-order valence-corrected chi connectivity index (χ0v) is 9.43. The Hall–Kier alpha value is -2.03. The maximum absolute atomic E-state index is 13.4. The number of aromatic nitrogens is 1. The van der Waals surface area contributed by atoms with Gasteiger partial charge < -0.3 is 0 Å². The third-order valence-corrected chi connectivity index (χ3v) is 2.73. The van der Waals surface area contributed by atoms with E-state index < -0.39 is 5.82 Å². The fourth-order valence-electron chi connectivity index (χ4n) is 1.70. The number of pyridine rings is 1. The largest absolute Gasteiger partial charge is 0.293 e. The Bertz CT molecular complexity index is 525. The van der Waals surface area contributed by atoms with E-state index in [1.165, 1.54) is 12.3 Å². The fourth-order valence-corrected chi connectivity index (χ4v) is 1.70. The first kappa shape index (κ1) is 11.5. The second-order valence-corrected chi connectivity index (χ2v) is 3.85. The van der Waals surface area contributed by atoms with Gasteiger partial charge in [0.1, 0.15) is 0 Å². The van der Waals surface area contributed by atoms with Crippen LogP contribution in [0.3, 0.4) is 0 Å². The summed E-state index contributed by atoms with van der Waals surface area (Å²) in [5, 5.41) is 0. The highest BCUT2D eigenvalue weighted by atomic mass is 19.1. The lowest BCUT2D eigenvalue weighted by Gasteiger charge is -2.10. The quantitative estimate of drug-likeness (QED) is 0.756. The maximum atomic E-state index is 13.4. The van der Waals surface area contributed by atoms with E-state index in [2.05, 4.69) is 4.98 Å². The highest BCUT2D eigenvalue weighted by molar-refractivity contribution is 6.00. The smallest absolute Gasteiger partial charge is 0.173 e. The minimum atomic E-state index is -0.569. The van der Waals surface area contributed by atoms with E-state index in [-0.39, 0.29) is 17.3 Å². The molecule has 1 heterocycles. The molecule has 0 saturated heterocycles. The Kier molecular flexibility index (Phi) is 3.28. The Morgan fingerprint density at radius 1 is 1.24 bits per heavy atom. The summed E-state index contributed by atoms with van der Waals surface area (Å²) in [6, 6.07) is 10.7. The van der Waals surface area contributed by atoms with Crippen molar-refractivity contribution in [3.63, 3.8) is 0 Å². The molecule has 0 N–H and O–H groups in total. The first-order valence-corrected chi connectivity index (χ1v) is 5.39. The van der Waals surface area contributed by atoms with Crippen LogP contribution in [0.15, 0.2) is 48.8 Å². The molecule has 0 aliphatic rings. The molecule has 17 heavy (non-hydrogen) atoms. The lowest BCUT2D eigenvalue weighted by molar-refractivity contribution is 0.0962. The molecule has 0 amide bonds. The van der Waals surface area contributed by atoms with Gasteiger partial charge >= 0.3 is 0 Å². The van der Waals surface area contributed by atoms with Crippen LogP contribution in [0.2, 0.25) is 0 Å². The molecule has 1 aromatic carbocycles. The van der Waals surface area contributed by atoms with Gasteiger partial charge in [0, 0.05) is 12.1 Å². The molecular weight excluding hydrogens is 217 g/mol. The van der Waals surface area contributed by atoms with Crippen LogP contribution in [0.5, 0.6) is 0 Å². The van der Waals surface area contributed by atoms with Gasteiger partial charge in [-0.05, 0) is 11.6 Å². The lowest BCUT2D eigenvalue weighted by atomic mass is 9.93. The Balaban J connectivity index is 2.30. The van der Waals surface area contributed by atoms with Crippen molar-refractivity contribution in [3.05, 3.63) is 65.7 Å². The number of benzene rings is 1. The average molecular weight is 229 g/mol.